The number of hydrogen-bond acceptors (Lipinski definition) is 4. The van der Waals surface area contributed by atoms with Crippen LogP contribution in [0.3, 0.4) is 0 Å². The van der Waals surface area contributed by atoms with E-state index in [9.17, 15) is 0 Å². The van der Waals surface area contributed by atoms with Crippen LogP contribution in [0, 0.1) is 13.8 Å². The Morgan fingerprint density at radius 1 is 1.11 bits per heavy atom. The van der Waals surface area contributed by atoms with E-state index in [2.05, 4.69) is 41.4 Å². The van der Waals surface area contributed by atoms with Crippen molar-refractivity contribution in [3.8, 4) is 0 Å². The zero-order chi connectivity index (χ0) is 13.9. The van der Waals surface area contributed by atoms with Gasteiger partial charge >= 0.3 is 0 Å². The smallest absolute Gasteiger partial charge is 0.135 e. The molecule has 0 amide bonds. The van der Waals surface area contributed by atoms with Crippen LogP contribution < -0.4 is 10.6 Å². The van der Waals surface area contributed by atoms with Crippen LogP contribution in [0.15, 0.2) is 0 Å². The quantitative estimate of drug-likeness (QED) is 0.821. The van der Waals surface area contributed by atoms with Gasteiger partial charge in [0.25, 0.3) is 0 Å². The van der Waals surface area contributed by atoms with Crippen LogP contribution in [-0.2, 0) is 0 Å². The highest BCUT2D eigenvalue weighted by molar-refractivity contribution is 5.58. The fourth-order valence-corrected chi connectivity index (χ4v) is 2.59. The van der Waals surface area contributed by atoms with Crippen molar-refractivity contribution in [3.05, 3.63) is 11.4 Å². The minimum Gasteiger partial charge on any atom is -0.370 e. The van der Waals surface area contributed by atoms with Gasteiger partial charge in [0.1, 0.15) is 17.5 Å². The van der Waals surface area contributed by atoms with Gasteiger partial charge in [-0.25, -0.2) is 9.97 Å². The number of nitrogens with zero attached hydrogens (tertiary/aromatic N) is 2. The molecule has 1 heterocycles. The minimum atomic E-state index is 0.271. The molecule has 0 unspecified atom stereocenters. The molecule has 1 aromatic rings. The first kappa shape index (κ1) is 14.1. The predicted molar refractivity (Wildman–Crippen MR) is 80.8 cm³/mol. The molecule has 1 saturated carbocycles. The summed E-state index contributed by atoms with van der Waals surface area (Å²) in [5, 5.41) is 7.07. The normalized spacial score (nSPS) is 16.8. The first-order valence-corrected chi connectivity index (χ1v) is 7.47. The molecule has 0 saturated heterocycles. The van der Waals surface area contributed by atoms with Gasteiger partial charge in [-0.3, -0.25) is 0 Å². The summed E-state index contributed by atoms with van der Waals surface area (Å²) in [4.78, 5) is 9.10. The summed E-state index contributed by atoms with van der Waals surface area (Å²) in [6, 6.07) is 0. The molecule has 0 spiro atoms. The number of aromatic nitrogens is 2. The van der Waals surface area contributed by atoms with E-state index in [1.165, 1.54) is 19.3 Å². The largest absolute Gasteiger partial charge is 0.370 e. The molecule has 4 heteroatoms. The van der Waals surface area contributed by atoms with E-state index in [0.29, 0.717) is 0 Å². The van der Waals surface area contributed by atoms with Crippen molar-refractivity contribution in [1.82, 2.24) is 9.97 Å². The Morgan fingerprint density at radius 2 is 1.79 bits per heavy atom. The Bertz CT molecular complexity index is 433. The summed E-state index contributed by atoms with van der Waals surface area (Å²) in [5.74, 6) is 2.81. The zero-order valence-corrected chi connectivity index (χ0v) is 12.6. The van der Waals surface area contributed by atoms with Crippen LogP contribution >= 0.6 is 0 Å². The summed E-state index contributed by atoms with van der Waals surface area (Å²) in [7, 11) is 0. The maximum atomic E-state index is 4.59. The van der Waals surface area contributed by atoms with Crippen molar-refractivity contribution < 1.29 is 0 Å². The van der Waals surface area contributed by atoms with Crippen LogP contribution in [0.25, 0.3) is 0 Å². The van der Waals surface area contributed by atoms with Crippen molar-refractivity contribution in [2.45, 2.75) is 65.3 Å². The lowest BCUT2D eigenvalue weighted by Gasteiger charge is -2.42. The first-order valence-electron chi connectivity index (χ1n) is 7.47. The molecule has 0 atom stereocenters. The number of rotatable bonds is 6. The van der Waals surface area contributed by atoms with Gasteiger partial charge < -0.3 is 10.6 Å². The summed E-state index contributed by atoms with van der Waals surface area (Å²) < 4.78 is 0. The molecule has 2 N–H and O–H groups in total. The average molecular weight is 262 g/mol. The number of aryl methyl sites for hydroxylation is 1. The van der Waals surface area contributed by atoms with E-state index < -0.39 is 0 Å². The molecular weight excluding hydrogens is 236 g/mol. The van der Waals surface area contributed by atoms with Crippen LogP contribution in [0.1, 0.15) is 57.3 Å². The predicted octanol–water partition coefficient (Wildman–Crippen LogP) is 3.66. The summed E-state index contributed by atoms with van der Waals surface area (Å²) in [6.45, 7) is 9.43. The molecule has 0 bridgehead atoms. The van der Waals surface area contributed by atoms with E-state index in [1.54, 1.807) is 0 Å². The van der Waals surface area contributed by atoms with Gasteiger partial charge in [-0.15, -0.1) is 0 Å². The van der Waals surface area contributed by atoms with Gasteiger partial charge in [0.05, 0.1) is 0 Å². The maximum absolute atomic E-state index is 4.59. The van der Waals surface area contributed by atoms with Crippen molar-refractivity contribution in [1.29, 1.82) is 0 Å². The van der Waals surface area contributed by atoms with Crippen LogP contribution in [-0.4, -0.2) is 22.1 Å². The second-order valence-corrected chi connectivity index (χ2v) is 5.63. The summed E-state index contributed by atoms with van der Waals surface area (Å²) in [5.41, 5.74) is 1.41. The van der Waals surface area contributed by atoms with Gasteiger partial charge in [0.2, 0.25) is 0 Å². The van der Waals surface area contributed by atoms with Crippen LogP contribution in [0.5, 0.6) is 0 Å². The van der Waals surface area contributed by atoms with Crippen molar-refractivity contribution in [2.75, 3.05) is 17.2 Å². The summed E-state index contributed by atoms with van der Waals surface area (Å²) in [6.07, 6.45) is 6.09. The van der Waals surface area contributed by atoms with Gasteiger partial charge in [-0.1, -0.05) is 13.8 Å². The summed E-state index contributed by atoms with van der Waals surface area (Å²) >= 11 is 0. The zero-order valence-electron chi connectivity index (χ0n) is 12.6. The second-order valence-electron chi connectivity index (χ2n) is 5.63. The molecule has 0 radical (unpaired) electrons. The minimum absolute atomic E-state index is 0.271. The Kier molecular flexibility index (Phi) is 4.27. The number of nitrogens with one attached hydrogen (secondary N) is 2. The Balaban J connectivity index is 2.22. The van der Waals surface area contributed by atoms with E-state index in [1.807, 2.05) is 6.92 Å². The SMILES string of the molecule is CCCNc1nc(C)nc(NC2(CC)CCC2)c1C. The highest BCUT2D eigenvalue weighted by Gasteiger charge is 2.35. The molecule has 19 heavy (non-hydrogen) atoms. The van der Waals surface area contributed by atoms with E-state index in [0.717, 1.165) is 42.4 Å². The van der Waals surface area contributed by atoms with Crippen molar-refractivity contribution in [2.24, 2.45) is 0 Å². The fourth-order valence-electron chi connectivity index (χ4n) is 2.59. The number of anilines is 2. The van der Waals surface area contributed by atoms with Gasteiger partial charge in [0, 0.05) is 17.6 Å². The lowest BCUT2D eigenvalue weighted by molar-refractivity contribution is 0.268. The standard InChI is InChI=1S/C15H26N4/c1-5-10-16-13-11(3)14(18-12(4)17-13)19-15(6-2)8-7-9-15/h5-10H2,1-4H3,(H2,16,17,18,19). The third-order valence-corrected chi connectivity index (χ3v) is 4.17. The van der Waals surface area contributed by atoms with E-state index >= 15 is 0 Å². The van der Waals surface area contributed by atoms with Crippen molar-refractivity contribution >= 4 is 11.6 Å². The Hall–Kier alpha value is -1.32. The maximum Gasteiger partial charge on any atom is 0.135 e. The third kappa shape index (κ3) is 2.99. The average Bonchev–Trinajstić information content (AvgIpc) is 2.35. The molecule has 2 rings (SSSR count). The van der Waals surface area contributed by atoms with Gasteiger partial charge in [-0.2, -0.15) is 0 Å². The second kappa shape index (κ2) is 5.76. The topological polar surface area (TPSA) is 49.8 Å². The molecule has 0 aromatic carbocycles. The van der Waals surface area contributed by atoms with Crippen LogP contribution in [0.4, 0.5) is 11.6 Å². The molecule has 4 nitrogen and oxygen atoms in total. The Labute approximate surface area is 116 Å². The molecule has 1 fully saturated rings. The molecular formula is C15H26N4. The van der Waals surface area contributed by atoms with E-state index in [-0.39, 0.29) is 5.54 Å². The number of hydrogen-bond donors (Lipinski definition) is 2. The Morgan fingerprint density at radius 3 is 2.32 bits per heavy atom. The highest BCUT2D eigenvalue weighted by atomic mass is 15.1. The van der Waals surface area contributed by atoms with Crippen LogP contribution in [0.2, 0.25) is 0 Å². The van der Waals surface area contributed by atoms with Gasteiger partial charge in [0.15, 0.2) is 0 Å². The monoisotopic (exact) mass is 262 g/mol. The molecule has 1 aromatic heterocycles. The lowest BCUT2D eigenvalue weighted by Crippen LogP contribution is -2.44. The first-order chi connectivity index (χ1) is 9.10. The van der Waals surface area contributed by atoms with E-state index in [4.69, 9.17) is 0 Å². The lowest BCUT2D eigenvalue weighted by atomic mass is 9.75. The van der Waals surface area contributed by atoms with Gasteiger partial charge in [-0.05, 0) is 46.0 Å². The fraction of sp³-hybridized carbons (Fsp3) is 0.733. The highest BCUT2D eigenvalue weighted by Crippen LogP contribution is 2.38. The molecule has 1 aliphatic carbocycles. The molecule has 0 aliphatic heterocycles. The van der Waals surface area contributed by atoms with Crippen molar-refractivity contribution in [3.63, 3.8) is 0 Å². The molecule has 1 aliphatic rings. The third-order valence-electron chi connectivity index (χ3n) is 4.17. The molecule has 106 valence electrons.